The molecule has 2 aromatic rings. The molecule has 0 aromatic heterocycles. The van der Waals surface area contributed by atoms with Gasteiger partial charge in [0.25, 0.3) is 5.91 Å². The number of fused-ring (bicyclic) bond motifs is 1. The van der Waals surface area contributed by atoms with Crippen molar-refractivity contribution in [1.82, 2.24) is 4.90 Å². The second-order valence-electron chi connectivity index (χ2n) is 10.3. The van der Waals surface area contributed by atoms with Gasteiger partial charge in [0, 0.05) is 24.8 Å². The molecule has 0 spiro atoms. The molecule has 7 rings (SSSR count). The number of carbonyl (C=O) groups excluding carboxylic acids is 1. The number of rotatable bonds is 5. The van der Waals surface area contributed by atoms with E-state index >= 15 is 0 Å². The van der Waals surface area contributed by atoms with Gasteiger partial charge in [-0.2, -0.15) is 0 Å². The fourth-order valence-electron chi connectivity index (χ4n) is 7.39. The molecule has 4 bridgehead atoms. The number of nitrogens with two attached hydrogens (primary N) is 1. The Morgan fingerprint density at radius 3 is 2.23 bits per heavy atom. The van der Waals surface area contributed by atoms with Gasteiger partial charge in [-0.15, -0.1) is 0 Å². The molecule has 0 saturated heterocycles. The Kier molecular flexibility index (Phi) is 4.21. The highest BCUT2D eigenvalue weighted by atomic mass is 16.5. The molecule has 1 amide bonds. The van der Waals surface area contributed by atoms with E-state index < -0.39 is 0 Å². The molecule has 156 valence electrons. The summed E-state index contributed by atoms with van der Waals surface area (Å²) in [4.78, 5) is 15.5. The van der Waals surface area contributed by atoms with Crippen LogP contribution >= 0.6 is 0 Å². The molecule has 2 N–H and O–H groups in total. The summed E-state index contributed by atoms with van der Waals surface area (Å²) in [6, 6.07) is 16.4. The highest BCUT2D eigenvalue weighted by Crippen LogP contribution is 2.54. The summed E-state index contributed by atoms with van der Waals surface area (Å²) < 4.78 is 5.30. The van der Waals surface area contributed by atoms with Crippen molar-refractivity contribution in [2.45, 2.75) is 56.8 Å². The molecule has 1 atom stereocenters. The minimum atomic E-state index is 0.0899. The zero-order valence-electron chi connectivity index (χ0n) is 17.7. The van der Waals surface area contributed by atoms with Crippen molar-refractivity contribution in [3.63, 3.8) is 0 Å². The van der Waals surface area contributed by atoms with E-state index in [1.54, 1.807) is 7.11 Å². The van der Waals surface area contributed by atoms with E-state index in [0.717, 1.165) is 34.6 Å². The number of nitrogens with zero attached hydrogens (tertiary/aromatic N) is 1. The summed E-state index contributed by atoms with van der Waals surface area (Å²) in [5.41, 5.74) is 3.57. The quantitative estimate of drug-likeness (QED) is 0.823. The monoisotopic (exact) mass is 403 g/mol. The second kappa shape index (κ2) is 6.84. The van der Waals surface area contributed by atoms with Gasteiger partial charge in [0.2, 0.25) is 0 Å². The highest BCUT2D eigenvalue weighted by molar-refractivity contribution is 5.98. The molecule has 0 radical (unpaired) electrons. The normalized spacial score (nSPS) is 33.8. The predicted molar refractivity (Wildman–Crippen MR) is 115 cm³/mol. The number of benzene rings is 2. The first-order valence-corrected chi connectivity index (χ1v) is 11.5. The smallest absolute Gasteiger partial charge is 0.259 e. The SMILES string of the molecule is COc1ccc(CN2C(=O)c3ccccc3[C@H]2[NH2+]C23CC4CC(CC(C4)C2)C3)cc1. The largest absolute Gasteiger partial charge is 0.497 e. The van der Waals surface area contributed by atoms with Crippen LogP contribution in [0.15, 0.2) is 48.5 Å². The third-order valence-corrected chi connectivity index (χ3v) is 8.22. The molecule has 2 aromatic carbocycles. The lowest BCUT2D eigenvalue weighted by molar-refractivity contribution is -0.786. The molecule has 4 heteroatoms. The standard InChI is InChI=1S/C26H30N2O2/c1-30-21-8-6-17(7-9-21)16-28-24(22-4-2-3-5-23(22)25(28)29)27-26-13-18-10-19(14-26)12-20(11-18)15-26/h2-9,18-20,24,27H,10-16H2,1H3/p+1/t18?,19?,20?,24-,26?/m0/s1. The molecule has 4 fully saturated rings. The average Bonchev–Trinajstić information content (AvgIpc) is 2.99. The minimum absolute atomic E-state index is 0.0899. The Morgan fingerprint density at radius 2 is 1.60 bits per heavy atom. The number of hydrogen-bond donors (Lipinski definition) is 1. The fraction of sp³-hybridized carbons (Fsp3) is 0.500. The molecule has 1 heterocycles. The van der Waals surface area contributed by atoms with Crippen LogP contribution in [-0.2, 0) is 6.54 Å². The molecular formula is C26H31N2O2+. The Morgan fingerprint density at radius 1 is 0.967 bits per heavy atom. The summed E-state index contributed by atoms with van der Waals surface area (Å²) in [7, 11) is 1.69. The van der Waals surface area contributed by atoms with E-state index in [1.165, 1.54) is 44.1 Å². The van der Waals surface area contributed by atoms with E-state index in [0.29, 0.717) is 12.1 Å². The van der Waals surface area contributed by atoms with Crippen molar-refractivity contribution in [2.75, 3.05) is 7.11 Å². The third-order valence-electron chi connectivity index (χ3n) is 8.22. The van der Waals surface area contributed by atoms with Gasteiger partial charge in [0.1, 0.15) is 5.75 Å². The molecule has 4 aliphatic carbocycles. The summed E-state index contributed by atoms with van der Waals surface area (Å²) in [6.45, 7) is 0.644. The van der Waals surface area contributed by atoms with Gasteiger partial charge < -0.3 is 10.1 Å². The van der Waals surface area contributed by atoms with Crippen LogP contribution in [0, 0.1) is 17.8 Å². The Balaban J connectivity index is 1.32. The van der Waals surface area contributed by atoms with Gasteiger partial charge in [-0.25, -0.2) is 0 Å². The number of methoxy groups -OCH3 is 1. The van der Waals surface area contributed by atoms with Crippen LogP contribution in [0.2, 0.25) is 0 Å². The maximum atomic E-state index is 13.4. The van der Waals surface area contributed by atoms with Gasteiger partial charge in [0.05, 0.1) is 24.8 Å². The van der Waals surface area contributed by atoms with E-state index in [1.807, 2.05) is 24.3 Å². The summed E-state index contributed by atoms with van der Waals surface area (Å²) in [6.07, 6.45) is 8.44. The van der Waals surface area contributed by atoms with E-state index in [9.17, 15) is 4.79 Å². The molecular weight excluding hydrogens is 372 g/mol. The number of hydrogen-bond acceptors (Lipinski definition) is 2. The number of quaternary nitrogens is 1. The van der Waals surface area contributed by atoms with Crippen molar-refractivity contribution < 1.29 is 14.8 Å². The number of amides is 1. The molecule has 0 unspecified atom stereocenters. The lowest BCUT2D eigenvalue weighted by Crippen LogP contribution is -3.00. The zero-order valence-corrected chi connectivity index (χ0v) is 17.7. The van der Waals surface area contributed by atoms with Crippen LogP contribution in [0.4, 0.5) is 0 Å². The van der Waals surface area contributed by atoms with Crippen molar-refractivity contribution in [3.8, 4) is 5.75 Å². The Hall–Kier alpha value is -2.33. The van der Waals surface area contributed by atoms with E-state index in [4.69, 9.17) is 4.74 Å². The predicted octanol–water partition coefficient (Wildman–Crippen LogP) is 3.88. The van der Waals surface area contributed by atoms with Crippen molar-refractivity contribution in [3.05, 3.63) is 65.2 Å². The van der Waals surface area contributed by atoms with Crippen LogP contribution in [0.1, 0.15) is 66.2 Å². The van der Waals surface area contributed by atoms with Crippen LogP contribution in [0.25, 0.3) is 0 Å². The van der Waals surface area contributed by atoms with Gasteiger partial charge in [-0.1, -0.05) is 30.3 Å². The fourth-order valence-corrected chi connectivity index (χ4v) is 7.39. The van der Waals surface area contributed by atoms with Crippen LogP contribution in [-0.4, -0.2) is 23.5 Å². The topological polar surface area (TPSA) is 46.1 Å². The van der Waals surface area contributed by atoms with Crippen LogP contribution < -0.4 is 10.1 Å². The van der Waals surface area contributed by atoms with Gasteiger partial charge in [-0.3, -0.25) is 9.69 Å². The van der Waals surface area contributed by atoms with Crippen molar-refractivity contribution in [1.29, 1.82) is 0 Å². The number of ether oxygens (including phenoxy) is 1. The van der Waals surface area contributed by atoms with Gasteiger partial charge in [-0.05, 0) is 60.8 Å². The molecule has 5 aliphatic rings. The Bertz CT molecular complexity index is 932. The summed E-state index contributed by atoms with van der Waals surface area (Å²) >= 11 is 0. The summed E-state index contributed by atoms with van der Waals surface area (Å²) in [5.74, 6) is 3.76. The maximum absolute atomic E-state index is 13.4. The van der Waals surface area contributed by atoms with Crippen LogP contribution in [0.3, 0.4) is 0 Å². The van der Waals surface area contributed by atoms with Crippen LogP contribution in [0.5, 0.6) is 5.75 Å². The highest BCUT2D eigenvalue weighted by Gasteiger charge is 2.55. The first-order chi connectivity index (χ1) is 14.6. The zero-order chi connectivity index (χ0) is 20.3. The van der Waals surface area contributed by atoms with Crippen molar-refractivity contribution in [2.24, 2.45) is 17.8 Å². The van der Waals surface area contributed by atoms with Gasteiger partial charge in [0.15, 0.2) is 6.17 Å². The minimum Gasteiger partial charge on any atom is -0.497 e. The average molecular weight is 404 g/mol. The lowest BCUT2D eigenvalue weighted by Gasteiger charge is -2.55. The first kappa shape index (κ1) is 18.4. The van der Waals surface area contributed by atoms with E-state index in [-0.39, 0.29) is 12.1 Å². The molecule has 4 saturated carbocycles. The lowest BCUT2D eigenvalue weighted by atomic mass is 9.53. The third kappa shape index (κ3) is 2.96. The molecule has 4 nitrogen and oxygen atoms in total. The second-order valence-corrected chi connectivity index (χ2v) is 10.3. The van der Waals surface area contributed by atoms with Gasteiger partial charge >= 0.3 is 0 Å². The Labute approximate surface area is 178 Å². The van der Waals surface area contributed by atoms with Crippen molar-refractivity contribution >= 4 is 5.91 Å². The number of carbonyl (C=O) groups is 1. The first-order valence-electron chi connectivity index (χ1n) is 11.5. The molecule has 1 aliphatic heterocycles. The maximum Gasteiger partial charge on any atom is 0.259 e. The summed E-state index contributed by atoms with van der Waals surface area (Å²) in [5, 5.41) is 2.62. The molecule has 30 heavy (non-hydrogen) atoms. The van der Waals surface area contributed by atoms with E-state index in [2.05, 4.69) is 34.5 Å².